The smallest absolute Gasteiger partial charge is 0.224 e. The highest BCUT2D eigenvalue weighted by atomic mass is 35.5. The van der Waals surface area contributed by atoms with Crippen molar-refractivity contribution < 1.29 is 14.3 Å². The van der Waals surface area contributed by atoms with Gasteiger partial charge in [0.1, 0.15) is 5.82 Å². The predicted molar refractivity (Wildman–Crippen MR) is 70.5 cm³/mol. The number of hydrogen-bond acceptors (Lipinski definition) is 3. The SMILES string of the molecule is O=C(Cc1cc(F)cc(Cl)c1)N[C@@H]1CCNC[C@H]1O. The van der Waals surface area contributed by atoms with Crippen molar-refractivity contribution in [3.63, 3.8) is 0 Å². The molecule has 4 nitrogen and oxygen atoms in total. The molecule has 0 spiro atoms. The lowest BCUT2D eigenvalue weighted by molar-refractivity contribution is -0.122. The van der Waals surface area contributed by atoms with E-state index >= 15 is 0 Å². The predicted octanol–water partition coefficient (Wildman–Crippen LogP) is 0.861. The molecule has 1 heterocycles. The van der Waals surface area contributed by atoms with Gasteiger partial charge in [-0.05, 0) is 36.7 Å². The number of halogens is 2. The Morgan fingerprint density at radius 1 is 1.53 bits per heavy atom. The van der Waals surface area contributed by atoms with Gasteiger partial charge in [0.15, 0.2) is 0 Å². The number of aliphatic hydroxyl groups is 1. The normalized spacial score (nSPS) is 23.1. The Morgan fingerprint density at radius 2 is 2.32 bits per heavy atom. The maximum Gasteiger partial charge on any atom is 0.224 e. The van der Waals surface area contributed by atoms with Gasteiger partial charge in [-0.15, -0.1) is 0 Å². The summed E-state index contributed by atoms with van der Waals surface area (Å²) < 4.78 is 13.1. The maximum atomic E-state index is 13.1. The Labute approximate surface area is 116 Å². The zero-order valence-electron chi connectivity index (χ0n) is 10.3. The van der Waals surface area contributed by atoms with Crippen LogP contribution >= 0.6 is 11.6 Å². The Kier molecular flexibility index (Phi) is 4.74. The van der Waals surface area contributed by atoms with E-state index in [-0.39, 0.29) is 23.4 Å². The van der Waals surface area contributed by atoms with E-state index in [4.69, 9.17) is 11.6 Å². The number of amides is 1. The maximum absolute atomic E-state index is 13.1. The summed E-state index contributed by atoms with van der Waals surface area (Å²) in [5, 5.41) is 15.8. The summed E-state index contributed by atoms with van der Waals surface area (Å²) in [4.78, 5) is 11.8. The zero-order chi connectivity index (χ0) is 13.8. The van der Waals surface area contributed by atoms with Crippen molar-refractivity contribution in [1.82, 2.24) is 10.6 Å². The highest BCUT2D eigenvalue weighted by molar-refractivity contribution is 6.30. The van der Waals surface area contributed by atoms with Crippen molar-refractivity contribution in [2.75, 3.05) is 13.1 Å². The second-order valence-electron chi connectivity index (χ2n) is 4.69. The molecule has 1 aromatic rings. The largest absolute Gasteiger partial charge is 0.390 e. The first-order valence-electron chi connectivity index (χ1n) is 6.18. The van der Waals surface area contributed by atoms with E-state index in [1.165, 1.54) is 12.1 Å². The Hall–Kier alpha value is -1.17. The molecule has 1 aromatic carbocycles. The van der Waals surface area contributed by atoms with E-state index in [9.17, 15) is 14.3 Å². The summed E-state index contributed by atoms with van der Waals surface area (Å²) in [7, 11) is 0. The number of hydrogen-bond donors (Lipinski definition) is 3. The summed E-state index contributed by atoms with van der Waals surface area (Å²) >= 11 is 5.73. The number of rotatable bonds is 3. The summed E-state index contributed by atoms with van der Waals surface area (Å²) in [5.74, 6) is -0.704. The molecule has 3 N–H and O–H groups in total. The lowest BCUT2D eigenvalue weighted by Gasteiger charge is -2.29. The molecule has 1 amide bonds. The molecular weight excluding hydrogens is 271 g/mol. The molecule has 0 unspecified atom stereocenters. The van der Waals surface area contributed by atoms with Crippen LogP contribution in [0.1, 0.15) is 12.0 Å². The highest BCUT2D eigenvalue weighted by Crippen LogP contribution is 2.14. The first kappa shape index (κ1) is 14.2. The van der Waals surface area contributed by atoms with Crippen molar-refractivity contribution in [3.8, 4) is 0 Å². The fraction of sp³-hybridized carbons (Fsp3) is 0.462. The van der Waals surface area contributed by atoms with Crippen LogP contribution in [0.25, 0.3) is 0 Å². The molecule has 0 radical (unpaired) electrons. The van der Waals surface area contributed by atoms with Crippen LogP contribution in [-0.2, 0) is 11.2 Å². The molecule has 6 heteroatoms. The summed E-state index contributed by atoms with van der Waals surface area (Å²) in [6, 6.07) is 3.78. The molecule has 2 atom stereocenters. The minimum atomic E-state index is -0.589. The van der Waals surface area contributed by atoms with Crippen LogP contribution in [0.15, 0.2) is 18.2 Å². The van der Waals surface area contributed by atoms with Gasteiger partial charge >= 0.3 is 0 Å². The minimum Gasteiger partial charge on any atom is -0.390 e. The topological polar surface area (TPSA) is 61.4 Å². The van der Waals surface area contributed by atoms with Gasteiger partial charge in [0.25, 0.3) is 0 Å². The van der Waals surface area contributed by atoms with Crippen molar-refractivity contribution in [2.45, 2.75) is 25.0 Å². The number of nitrogens with one attached hydrogen (secondary N) is 2. The van der Waals surface area contributed by atoms with Crippen molar-refractivity contribution >= 4 is 17.5 Å². The Bertz CT molecular complexity index is 450. The molecule has 0 aliphatic carbocycles. The first-order chi connectivity index (χ1) is 9.04. The summed E-state index contributed by atoms with van der Waals surface area (Å²) in [5.41, 5.74) is 0.519. The van der Waals surface area contributed by atoms with Crippen LogP contribution in [0.3, 0.4) is 0 Å². The molecule has 0 saturated carbocycles. The minimum absolute atomic E-state index is 0.0497. The number of carbonyl (C=O) groups excluding carboxylic acids is 1. The lowest BCUT2D eigenvalue weighted by atomic mass is 10.0. The van der Waals surface area contributed by atoms with E-state index < -0.39 is 11.9 Å². The monoisotopic (exact) mass is 286 g/mol. The fourth-order valence-corrected chi connectivity index (χ4v) is 2.41. The fourth-order valence-electron chi connectivity index (χ4n) is 2.17. The highest BCUT2D eigenvalue weighted by Gasteiger charge is 2.24. The molecular formula is C13H16ClFN2O2. The van der Waals surface area contributed by atoms with Crippen LogP contribution < -0.4 is 10.6 Å². The third kappa shape index (κ3) is 4.16. The molecule has 104 valence electrons. The van der Waals surface area contributed by atoms with Crippen LogP contribution in [0.2, 0.25) is 5.02 Å². The summed E-state index contributed by atoms with van der Waals surface area (Å²) in [6.07, 6.45) is 0.138. The van der Waals surface area contributed by atoms with Crippen LogP contribution in [-0.4, -0.2) is 36.2 Å². The lowest BCUT2D eigenvalue weighted by Crippen LogP contribution is -2.52. The van der Waals surface area contributed by atoms with Gasteiger partial charge in [-0.2, -0.15) is 0 Å². The van der Waals surface area contributed by atoms with Crippen molar-refractivity contribution in [3.05, 3.63) is 34.6 Å². The third-order valence-corrected chi connectivity index (χ3v) is 3.30. The van der Waals surface area contributed by atoms with Gasteiger partial charge in [-0.3, -0.25) is 4.79 Å². The van der Waals surface area contributed by atoms with Crippen LogP contribution in [0, 0.1) is 5.82 Å². The van der Waals surface area contributed by atoms with Gasteiger partial charge in [0.2, 0.25) is 5.91 Å². The number of aliphatic hydroxyl groups excluding tert-OH is 1. The second kappa shape index (κ2) is 6.32. The molecule has 1 aliphatic heterocycles. The Morgan fingerprint density at radius 3 is 3.00 bits per heavy atom. The number of piperidine rings is 1. The van der Waals surface area contributed by atoms with Gasteiger partial charge in [0, 0.05) is 11.6 Å². The standard InChI is InChI=1S/C13H16ClFN2O2/c14-9-3-8(4-10(15)6-9)5-13(19)17-11-1-2-16-7-12(11)18/h3-4,6,11-12,16,18H,1-2,5,7H2,(H,17,19)/t11-,12-/m1/s1. The average Bonchev–Trinajstić information content (AvgIpc) is 2.30. The van der Waals surface area contributed by atoms with Crippen LogP contribution in [0.5, 0.6) is 0 Å². The van der Waals surface area contributed by atoms with Crippen molar-refractivity contribution in [2.24, 2.45) is 0 Å². The summed E-state index contributed by atoms with van der Waals surface area (Å²) in [6.45, 7) is 1.23. The zero-order valence-corrected chi connectivity index (χ0v) is 11.1. The van der Waals surface area contributed by atoms with E-state index in [1.807, 2.05) is 0 Å². The van der Waals surface area contributed by atoms with E-state index in [1.54, 1.807) is 6.07 Å². The van der Waals surface area contributed by atoms with Crippen LogP contribution in [0.4, 0.5) is 4.39 Å². The third-order valence-electron chi connectivity index (χ3n) is 3.08. The Balaban J connectivity index is 1.93. The average molecular weight is 287 g/mol. The molecule has 0 aromatic heterocycles. The molecule has 1 fully saturated rings. The quantitative estimate of drug-likeness (QED) is 0.772. The van der Waals surface area contributed by atoms with Gasteiger partial charge in [0.05, 0.1) is 18.6 Å². The van der Waals surface area contributed by atoms with Gasteiger partial charge in [-0.1, -0.05) is 11.6 Å². The molecule has 19 heavy (non-hydrogen) atoms. The number of benzene rings is 1. The molecule has 2 rings (SSSR count). The van der Waals surface area contributed by atoms with Gasteiger partial charge < -0.3 is 15.7 Å². The first-order valence-corrected chi connectivity index (χ1v) is 6.55. The van der Waals surface area contributed by atoms with Crippen molar-refractivity contribution in [1.29, 1.82) is 0 Å². The van der Waals surface area contributed by atoms with E-state index in [0.29, 0.717) is 18.5 Å². The molecule has 1 saturated heterocycles. The molecule has 1 aliphatic rings. The molecule has 0 bridgehead atoms. The second-order valence-corrected chi connectivity index (χ2v) is 5.13. The number of carbonyl (C=O) groups is 1. The number of β-amino-alcohol motifs (C(OH)–C–C–N with tert-alkyl or cyclic N) is 1. The van der Waals surface area contributed by atoms with E-state index in [0.717, 1.165) is 6.54 Å². The van der Waals surface area contributed by atoms with E-state index in [2.05, 4.69) is 10.6 Å². The van der Waals surface area contributed by atoms with Gasteiger partial charge in [-0.25, -0.2) is 4.39 Å².